The highest BCUT2D eigenvalue weighted by atomic mass is 19.1. The average molecular weight is 281 g/mol. The van der Waals surface area contributed by atoms with Crippen LogP contribution < -0.4 is 10.1 Å². The number of halogens is 3. The summed E-state index contributed by atoms with van der Waals surface area (Å²) in [5.74, 6) is -2.23. The van der Waals surface area contributed by atoms with Crippen molar-refractivity contribution in [1.82, 2.24) is 5.32 Å². The maximum atomic E-state index is 13.8. The second-order valence-electron chi connectivity index (χ2n) is 4.22. The Hall–Kier alpha value is -2.01. The minimum absolute atomic E-state index is 0.0292. The third-order valence-electron chi connectivity index (χ3n) is 2.67. The molecule has 5 heteroatoms. The second-order valence-corrected chi connectivity index (χ2v) is 4.22. The van der Waals surface area contributed by atoms with Crippen molar-refractivity contribution in [3.8, 4) is 11.5 Å². The fourth-order valence-corrected chi connectivity index (χ4v) is 1.77. The van der Waals surface area contributed by atoms with E-state index in [9.17, 15) is 13.2 Å². The molecule has 0 bridgehead atoms. The van der Waals surface area contributed by atoms with Crippen LogP contribution in [0.15, 0.2) is 36.4 Å². The third-order valence-corrected chi connectivity index (χ3v) is 2.67. The second kappa shape index (κ2) is 6.43. The average Bonchev–Trinajstić information content (AvgIpc) is 2.38. The van der Waals surface area contributed by atoms with Gasteiger partial charge in [-0.2, -0.15) is 0 Å². The zero-order valence-corrected chi connectivity index (χ0v) is 10.9. The van der Waals surface area contributed by atoms with Crippen molar-refractivity contribution in [1.29, 1.82) is 0 Å². The highest BCUT2D eigenvalue weighted by Crippen LogP contribution is 2.29. The normalized spacial score (nSPS) is 10.6. The fourth-order valence-electron chi connectivity index (χ4n) is 1.77. The van der Waals surface area contributed by atoms with Crippen molar-refractivity contribution in [3.63, 3.8) is 0 Å². The van der Waals surface area contributed by atoms with Crippen LogP contribution in [0.4, 0.5) is 13.2 Å². The van der Waals surface area contributed by atoms with Crippen LogP contribution in [0.1, 0.15) is 12.5 Å². The minimum atomic E-state index is -0.774. The maximum absolute atomic E-state index is 13.8. The van der Waals surface area contributed by atoms with Crippen LogP contribution in [0.2, 0.25) is 0 Å². The van der Waals surface area contributed by atoms with Gasteiger partial charge in [0.1, 0.15) is 17.4 Å². The molecule has 0 aliphatic rings. The van der Waals surface area contributed by atoms with Gasteiger partial charge >= 0.3 is 0 Å². The van der Waals surface area contributed by atoms with Gasteiger partial charge in [-0.3, -0.25) is 0 Å². The smallest absolute Gasteiger partial charge is 0.167 e. The first-order valence-corrected chi connectivity index (χ1v) is 6.22. The van der Waals surface area contributed by atoms with Gasteiger partial charge in [0.05, 0.1) is 0 Å². The van der Waals surface area contributed by atoms with Crippen LogP contribution in [-0.4, -0.2) is 6.54 Å². The van der Waals surface area contributed by atoms with E-state index in [0.717, 1.165) is 18.2 Å². The van der Waals surface area contributed by atoms with Crippen LogP contribution in [0.5, 0.6) is 11.5 Å². The summed E-state index contributed by atoms with van der Waals surface area (Å²) < 4.78 is 45.3. The lowest BCUT2D eigenvalue weighted by atomic mass is 10.2. The number of ether oxygens (including phenoxy) is 1. The lowest BCUT2D eigenvalue weighted by molar-refractivity contribution is 0.426. The van der Waals surface area contributed by atoms with Gasteiger partial charge in [0.25, 0.3) is 0 Å². The molecule has 106 valence electrons. The summed E-state index contributed by atoms with van der Waals surface area (Å²) in [6.07, 6.45) is 0. The SMILES string of the molecule is CCNCc1cccc(F)c1Oc1cc(F)cc(F)c1. The Labute approximate surface area is 115 Å². The van der Waals surface area contributed by atoms with Crippen molar-refractivity contribution in [2.75, 3.05) is 6.54 Å². The molecular formula is C15H14F3NO. The lowest BCUT2D eigenvalue weighted by Gasteiger charge is -2.12. The van der Waals surface area contributed by atoms with Crippen molar-refractivity contribution in [2.24, 2.45) is 0 Å². The molecule has 1 N–H and O–H groups in total. The summed E-state index contributed by atoms with van der Waals surface area (Å²) in [5, 5.41) is 3.05. The number of nitrogens with one attached hydrogen (secondary N) is 1. The minimum Gasteiger partial charge on any atom is -0.454 e. The van der Waals surface area contributed by atoms with E-state index < -0.39 is 17.5 Å². The Kier molecular flexibility index (Phi) is 4.63. The molecule has 0 amide bonds. The van der Waals surface area contributed by atoms with Gasteiger partial charge in [-0.1, -0.05) is 19.1 Å². The Balaban J connectivity index is 2.31. The van der Waals surface area contributed by atoms with Gasteiger partial charge < -0.3 is 10.1 Å². The molecule has 0 aliphatic heterocycles. The van der Waals surface area contributed by atoms with Crippen LogP contribution in [0.3, 0.4) is 0 Å². The van der Waals surface area contributed by atoms with Crippen LogP contribution in [-0.2, 0) is 6.54 Å². The Morgan fingerprint density at radius 2 is 1.75 bits per heavy atom. The Morgan fingerprint density at radius 3 is 2.40 bits per heavy atom. The predicted molar refractivity (Wildman–Crippen MR) is 70.2 cm³/mol. The summed E-state index contributed by atoms with van der Waals surface area (Å²) in [6.45, 7) is 3.04. The Bertz CT molecular complexity index is 581. The number of hydrogen-bond acceptors (Lipinski definition) is 2. The molecule has 2 aromatic carbocycles. The largest absolute Gasteiger partial charge is 0.454 e. The fraction of sp³-hybridized carbons (Fsp3) is 0.200. The monoisotopic (exact) mass is 281 g/mol. The molecule has 20 heavy (non-hydrogen) atoms. The first kappa shape index (κ1) is 14.4. The van der Waals surface area contributed by atoms with Gasteiger partial charge in [-0.05, 0) is 12.6 Å². The summed E-state index contributed by atoms with van der Waals surface area (Å²) in [6, 6.07) is 7.23. The molecule has 0 aliphatic carbocycles. The van der Waals surface area contributed by atoms with Gasteiger partial charge in [0.15, 0.2) is 11.6 Å². The molecule has 2 aromatic rings. The summed E-state index contributed by atoms with van der Waals surface area (Å²) >= 11 is 0. The van der Waals surface area contributed by atoms with Gasteiger partial charge in [-0.25, -0.2) is 13.2 Å². The van der Waals surface area contributed by atoms with E-state index in [1.807, 2.05) is 6.92 Å². The van der Waals surface area contributed by atoms with Crippen LogP contribution in [0.25, 0.3) is 0 Å². The van der Waals surface area contributed by atoms with Gasteiger partial charge in [0, 0.05) is 30.3 Å². The van der Waals surface area contributed by atoms with E-state index in [2.05, 4.69) is 5.32 Å². The molecule has 0 spiro atoms. The van der Waals surface area contributed by atoms with Gasteiger partial charge in [0.2, 0.25) is 0 Å². The number of rotatable bonds is 5. The van der Waals surface area contributed by atoms with Gasteiger partial charge in [-0.15, -0.1) is 0 Å². The molecule has 0 saturated heterocycles. The molecule has 0 radical (unpaired) electrons. The van der Waals surface area contributed by atoms with E-state index in [4.69, 9.17) is 4.74 Å². The molecule has 0 atom stereocenters. The first-order chi connectivity index (χ1) is 9.60. The summed E-state index contributed by atoms with van der Waals surface area (Å²) in [5.41, 5.74) is 0.580. The zero-order valence-electron chi connectivity index (χ0n) is 10.9. The molecule has 0 fully saturated rings. The van der Waals surface area contributed by atoms with E-state index >= 15 is 0 Å². The van der Waals surface area contributed by atoms with Crippen LogP contribution >= 0.6 is 0 Å². The third kappa shape index (κ3) is 3.51. The predicted octanol–water partition coefficient (Wildman–Crippen LogP) is 4.01. The quantitative estimate of drug-likeness (QED) is 0.894. The molecule has 0 unspecified atom stereocenters. The Morgan fingerprint density at radius 1 is 1.05 bits per heavy atom. The molecule has 2 rings (SSSR count). The molecule has 2 nitrogen and oxygen atoms in total. The summed E-state index contributed by atoms with van der Waals surface area (Å²) in [7, 11) is 0. The lowest BCUT2D eigenvalue weighted by Crippen LogP contribution is -2.12. The van der Waals surface area contributed by atoms with E-state index in [1.165, 1.54) is 6.07 Å². The first-order valence-electron chi connectivity index (χ1n) is 6.22. The van der Waals surface area contributed by atoms with Crippen molar-refractivity contribution >= 4 is 0 Å². The topological polar surface area (TPSA) is 21.3 Å². The van der Waals surface area contributed by atoms with Crippen molar-refractivity contribution in [3.05, 3.63) is 59.4 Å². The number of benzene rings is 2. The van der Waals surface area contributed by atoms with E-state index in [-0.39, 0.29) is 11.5 Å². The highest BCUT2D eigenvalue weighted by molar-refractivity contribution is 5.39. The zero-order chi connectivity index (χ0) is 14.5. The molecular weight excluding hydrogens is 267 g/mol. The number of para-hydroxylation sites is 1. The van der Waals surface area contributed by atoms with E-state index in [0.29, 0.717) is 18.7 Å². The summed E-state index contributed by atoms with van der Waals surface area (Å²) in [4.78, 5) is 0. The van der Waals surface area contributed by atoms with Crippen molar-refractivity contribution < 1.29 is 17.9 Å². The van der Waals surface area contributed by atoms with Crippen LogP contribution in [0, 0.1) is 17.5 Å². The van der Waals surface area contributed by atoms with E-state index in [1.54, 1.807) is 12.1 Å². The standard InChI is InChI=1S/C15H14F3NO/c1-2-19-9-10-4-3-5-14(18)15(10)20-13-7-11(16)6-12(17)8-13/h3-8,19H,2,9H2,1H3. The maximum Gasteiger partial charge on any atom is 0.167 e. The molecule has 0 saturated carbocycles. The van der Waals surface area contributed by atoms with Crippen molar-refractivity contribution in [2.45, 2.75) is 13.5 Å². The molecule has 0 aromatic heterocycles. The highest BCUT2D eigenvalue weighted by Gasteiger charge is 2.12. The number of hydrogen-bond donors (Lipinski definition) is 1. The molecule has 0 heterocycles.